The summed E-state index contributed by atoms with van der Waals surface area (Å²) in [5, 5.41) is 32.6. The summed E-state index contributed by atoms with van der Waals surface area (Å²) in [6.07, 6.45) is 38.3. The quantitative estimate of drug-likeness (QED) is 0.0169. The molecular weight excluding hydrogens is 1600 g/mol. The molecule has 1 rings (SSSR count). The van der Waals surface area contributed by atoms with Gasteiger partial charge in [0.25, 0.3) is 0 Å². The number of rotatable bonds is 54. The molecule has 1 aliphatic heterocycles. The molecule has 1 aliphatic rings. The third kappa shape index (κ3) is 78.2. The first-order valence-electron chi connectivity index (χ1n) is 45.7. The van der Waals surface area contributed by atoms with Crippen LogP contribution in [0, 0.1) is 107 Å². The summed E-state index contributed by atoms with van der Waals surface area (Å²) < 4.78 is 5.09. The van der Waals surface area contributed by atoms with E-state index < -0.39 is 12.2 Å². The smallest absolute Gasteiger partial charge is 0.309 e. The van der Waals surface area contributed by atoms with Crippen LogP contribution in [0.1, 0.15) is 353 Å². The Bertz CT molecular complexity index is 2390. The lowest BCUT2D eigenvalue weighted by molar-refractivity contribution is -0.174. The number of halogens is 1. The molecule has 118 heavy (non-hydrogen) atoms. The average molecular weight is 1790 g/mol. The summed E-state index contributed by atoms with van der Waals surface area (Å²) in [4.78, 5) is 87.5. The molecule has 1 heterocycles. The Morgan fingerprint density at radius 2 is 0.712 bits per heavy atom. The fourth-order valence-electron chi connectivity index (χ4n) is 13.5. The number of amides is 4. The number of allylic oxidation sites excluding steroid dienone is 6. The van der Waals surface area contributed by atoms with Crippen LogP contribution < -0.4 is 0 Å². The van der Waals surface area contributed by atoms with Crippen LogP contribution in [0.2, 0.25) is 0 Å². The van der Waals surface area contributed by atoms with Crippen molar-refractivity contribution >= 4 is 59.9 Å². The van der Waals surface area contributed by atoms with Gasteiger partial charge in [0, 0.05) is 57.8 Å². The van der Waals surface area contributed by atoms with Crippen molar-refractivity contribution in [2.24, 2.45) is 107 Å². The second-order valence-electron chi connectivity index (χ2n) is 36.3. The summed E-state index contributed by atoms with van der Waals surface area (Å²) in [7, 11) is 12.4. The highest BCUT2D eigenvalue weighted by Crippen LogP contribution is 2.28. The number of esters is 1. The highest BCUT2D eigenvalue weighted by molar-refractivity contribution is 14.0. The van der Waals surface area contributed by atoms with E-state index in [0.717, 1.165) is 118 Å². The van der Waals surface area contributed by atoms with Crippen molar-refractivity contribution in [3.63, 3.8) is 0 Å². The van der Waals surface area contributed by atoms with Crippen LogP contribution in [0.5, 0.6) is 0 Å². The zero-order valence-corrected chi connectivity index (χ0v) is 85.2. The van der Waals surface area contributed by atoms with Gasteiger partial charge in [-0.3, -0.25) is 43.3 Å². The number of nitrogens with zero attached hydrogens (tertiary/aromatic N) is 4. The molecule has 19 heteroatoms. The SMILES string of the molecule is C=C(C)C(C)C[C@H](C)CCC(C)CC.C=CCCC1C[C@H](C)C(=O)O1.C=CCC[C@@H](C)CC(C)C(=O)N(C)OC.C=CCC[C@@H](O)CC(C)C(=O)N(C)OC.CCC(C)CC[C@@H](C)CC(C)C(=O)N(C)OC.CCC(C)CC[C@@H](C)CC(C)C=C(C)C.CCC(C)CC[C@@H](C)CC(C)C=O.CON(C)C(=O)C(C)C[C@H](C)CCC(O)CO.I. The Labute approximate surface area is 746 Å². The normalized spacial score (nSPS) is 17.4. The van der Waals surface area contributed by atoms with Gasteiger partial charge in [-0.15, -0.1) is 43.7 Å². The van der Waals surface area contributed by atoms with E-state index in [1.807, 2.05) is 53.7 Å². The van der Waals surface area contributed by atoms with Gasteiger partial charge in [0.05, 0.1) is 53.2 Å². The van der Waals surface area contributed by atoms with Crippen molar-refractivity contribution in [1.29, 1.82) is 0 Å². The van der Waals surface area contributed by atoms with Crippen molar-refractivity contribution in [3.05, 3.63) is 61.8 Å². The lowest BCUT2D eigenvalue weighted by atomic mass is 9.88. The van der Waals surface area contributed by atoms with Gasteiger partial charge in [-0.2, -0.15) is 0 Å². The number of cyclic esters (lactones) is 1. The van der Waals surface area contributed by atoms with E-state index >= 15 is 0 Å². The van der Waals surface area contributed by atoms with E-state index in [1.165, 1.54) is 150 Å². The van der Waals surface area contributed by atoms with Crippen LogP contribution in [0.3, 0.4) is 0 Å². The van der Waals surface area contributed by atoms with Crippen LogP contribution in [-0.4, -0.2) is 153 Å². The Hall–Kier alpha value is -3.83. The molecule has 4 amide bonds. The molecule has 0 radical (unpaired) electrons. The second-order valence-corrected chi connectivity index (χ2v) is 36.3. The fraction of sp³-hybridized carbons (Fsp3) is 0.838. The molecule has 21 atom stereocenters. The third-order valence-corrected chi connectivity index (χ3v) is 23.1. The van der Waals surface area contributed by atoms with Gasteiger partial charge in [0.2, 0.25) is 23.6 Å². The zero-order valence-electron chi connectivity index (χ0n) is 82.9. The van der Waals surface area contributed by atoms with Gasteiger partial charge >= 0.3 is 5.97 Å². The van der Waals surface area contributed by atoms with Gasteiger partial charge in [0.15, 0.2) is 0 Å². The fourth-order valence-corrected chi connectivity index (χ4v) is 13.5. The largest absolute Gasteiger partial charge is 0.462 e. The van der Waals surface area contributed by atoms with E-state index in [2.05, 4.69) is 157 Å². The van der Waals surface area contributed by atoms with Gasteiger partial charge in [-0.05, 0) is 195 Å². The summed E-state index contributed by atoms with van der Waals surface area (Å²) in [5.74, 6) is 8.83. The molecule has 0 aliphatic carbocycles. The van der Waals surface area contributed by atoms with Gasteiger partial charge in [-0.25, -0.2) is 20.3 Å². The first-order chi connectivity index (χ1) is 54.6. The summed E-state index contributed by atoms with van der Waals surface area (Å²) in [6, 6.07) is 0. The Morgan fingerprint density at radius 3 is 0.983 bits per heavy atom. The highest BCUT2D eigenvalue weighted by atomic mass is 127. The first kappa shape index (κ1) is 130. The monoisotopic (exact) mass is 1790 g/mol. The van der Waals surface area contributed by atoms with E-state index in [0.29, 0.717) is 48.9 Å². The maximum atomic E-state index is 11.8. The number of aldehydes is 1. The standard InChI is InChI=1S/C15H30.C14H29NO2.C14H28.C12H25NO4.C12H23NO2.C12H24O.C11H21NO3.C9H14O2.HI/c1-7-13(4)8-9-14(5)11-15(6)10-12(2)3;1-7-11(2)8-9-12(3)10-13(4)14(16)15(5)17-6;1-7-12(4)8-9-13(5)10-14(6)11(2)3;1-9(5-6-11(15)8-14)7-10(2)12(16)13(3)17-4;1-6-7-8-10(2)9-11(3)12(14)13(4)15-5;1-5-10(2)6-7-11(3)8-12(4)9-13;1-5-6-7-10(13)8-9(2)11(14)12(3)15-4;1-3-4-5-8-6-7(2)9(10)11-8;/h10,13-15H,7-9,11H2,1-6H3;11-13H,7-10H2,1-6H3;12-14H,2,7-10H2,1,3-6H3;9-11,14-15H,5-8H2,1-4H3;6,10-11H,1,7-9H2,2-5H3;9-12H,5-8H2,1-4H3;5,9-10,13H,1,6-8H2,2-4H3;3,7-8H,1,4-6H2,2H3;1H/t13?,14-,15?;11?,12-,13?;12?,13-,14?;9-,10?,11?;10-,11?;10?,11-,12?;9?,10-;7-,8?;/m11111110./s1. The lowest BCUT2D eigenvalue weighted by Crippen LogP contribution is -2.32. The molecule has 0 saturated carbocycles. The minimum Gasteiger partial charge on any atom is -0.462 e. The second kappa shape index (κ2) is 82.8. The molecule has 0 aromatic heterocycles. The van der Waals surface area contributed by atoms with Crippen molar-refractivity contribution in [2.75, 3.05) is 63.2 Å². The minimum absolute atomic E-state index is 0. The van der Waals surface area contributed by atoms with Gasteiger partial charge < -0.3 is 24.9 Å². The summed E-state index contributed by atoms with van der Waals surface area (Å²) >= 11 is 0. The lowest BCUT2D eigenvalue weighted by Gasteiger charge is -2.22. The number of hydrogen-bond acceptors (Lipinski definition) is 14. The Morgan fingerprint density at radius 1 is 0.432 bits per heavy atom. The first-order valence-corrected chi connectivity index (χ1v) is 45.7. The minimum atomic E-state index is -0.648. The molecular formula is C99H195IN4O14. The number of hydrogen-bond donors (Lipinski definition) is 3. The highest BCUT2D eigenvalue weighted by Gasteiger charge is 2.30. The summed E-state index contributed by atoms with van der Waals surface area (Å²) in [5.41, 5.74) is 2.79. The van der Waals surface area contributed by atoms with Gasteiger partial charge in [-0.1, -0.05) is 271 Å². The van der Waals surface area contributed by atoms with Crippen LogP contribution in [0.4, 0.5) is 0 Å². The molecule has 0 spiro atoms. The molecule has 3 N–H and O–H groups in total. The van der Waals surface area contributed by atoms with Crippen molar-refractivity contribution < 1.29 is 68.2 Å². The van der Waals surface area contributed by atoms with Crippen molar-refractivity contribution in [2.45, 2.75) is 371 Å². The maximum Gasteiger partial charge on any atom is 0.309 e. The molecule has 18 nitrogen and oxygen atoms in total. The van der Waals surface area contributed by atoms with Crippen LogP contribution >= 0.6 is 24.0 Å². The van der Waals surface area contributed by atoms with E-state index in [-0.39, 0.29) is 102 Å². The van der Waals surface area contributed by atoms with Crippen molar-refractivity contribution in [1.82, 2.24) is 20.3 Å². The molecule has 1 saturated heterocycles. The predicted molar refractivity (Wildman–Crippen MR) is 511 cm³/mol. The number of carbonyl (C=O) groups is 6. The number of ether oxygens (including phenoxy) is 1. The molecule has 0 bridgehead atoms. The Balaban J connectivity index is -0.000000196. The van der Waals surface area contributed by atoms with E-state index in [9.17, 15) is 39.0 Å². The molecule has 0 aromatic carbocycles. The number of aliphatic hydroxyl groups is 3. The number of aliphatic hydroxyl groups excluding tert-OH is 3. The Kier molecular flexibility index (Phi) is 91.0. The molecule has 13 unspecified atom stereocenters. The molecule has 0 aromatic rings. The average Bonchev–Trinajstić information content (AvgIpc) is 1.76. The third-order valence-electron chi connectivity index (χ3n) is 23.1. The van der Waals surface area contributed by atoms with Gasteiger partial charge in [0.1, 0.15) is 12.4 Å². The summed E-state index contributed by atoms with van der Waals surface area (Å²) in [6.45, 7) is 69.2. The maximum absolute atomic E-state index is 11.8. The van der Waals surface area contributed by atoms with Crippen LogP contribution in [0.15, 0.2) is 61.8 Å². The topological polar surface area (TPSA) is 222 Å². The molecule has 702 valence electrons. The van der Waals surface area contributed by atoms with Crippen LogP contribution in [0.25, 0.3) is 0 Å². The van der Waals surface area contributed by atoms with E-state index in [1.54, 1.807) is 41.2 Å². The van der Waals surface area contributed by atoms with Crippen molar-refractivity contribution in [3.8, 4) is 0 Å². The number of carbonyl (C=O) groups excluding carboxylic acids is 6. The zero-order chi connectivity index (χ0) is 92.1. The van der Waals surface area contributed by atoms with Crippen LogP contribution in [-0.2, 0) is 52.9 Å². The number of hydroxylamine groups is 8. The van der Waals surface area contributed by atoms with E-state index in [4.69, 9.17) is 29.2 Å². The predicted octanol–water partition coefficient (Wildman–Crippen LogP) is 25.0. The molecule has 1 fully saturated rings.